The Morgan fingerprint density at radius 1 is 1.28 bits per heavy atom. The van der Waals surface area contributed by atoms with Gasteiger partial charge in [0.25, 0.3) is 0 Å². The molecule has 4 N–H and O–H groups in total. The van der Waals surface area contributed by atoms with E-state index in [1.807, 2.05) is 32.0 Å². The fraction of sp³-hybridized carbons (Fsp3) is 0.609. The van der Waals surface area contributed by atoms with Gasteiger partial charge in [-0.1, -0.05) is 26.7 Å². The van der Waals surface area contributed by atoms with Gasteiger partial charge in [0.15, 0.2) is 5.78 Å². The number of H-pyrrole nitrogens is 1. The maximum Gasteiger partial charge on any atom is 0.475 e. The zero-order valence-corrected chi connectivity index (χ0v) is 18.8. The van der Waals surface area contributed by atoms with E-state index in [1.165, 1.54) is 0 Å². The Morgan fingerprint density at radius 2 is 2.06 bits per heavy atom. The highest BCUT2D eigenvalue weighted by Gasteiger charge is 2.39. The molecule has 2 fully saturated rings. The summed E-state index contributed by atoms with van der Waals surface area (Å²) in [5.74, 6) is -0.621. The zero-order valence-electron chi connectivity index (χ0n) is 18.8. The smallest absolute Gasteiger partial charge is 0.426 e. The highest BCUT2D eigenvalue weighted by Crippen LogP contribution is 2.37. The Balaban J connectivity index is 1.41. The van der Waals surface area contributed by atoms with Gasteiger partial charge in [-0.2, -0.15) is 5.10 Å². The maximum atomic E-state index is 13.2. The van der Waals surface area contributed by atoms with Crippen molar-refractivity contribution in [1.29, 1.82) is 0 Å². The molecule has 3 atom stereocenters. The van der Waals surface area contributed by atoms with E-state index in [-0.39, 0.29) is 30.1 Å². The Labute approximate surface area is 188 Å². The lowest BCUT2D eigenvalue weighted by atomic mass is 9.74. The summed E-state index contributed by atoms with van der Waals surface area (Å²) in [6.07, 6.45) is 6.08. The van der Waals surface area contributed by atoms with Gasteiger partial charge in [-0.15, -0.1) is 0 Å². The van der Waals surface area contributed by atoms with Crippen LogP contribution in [-0.2, 0) is 9.59 Å². The number of aromatic nitrogens is 2. The standard InChI is InChI=1S/C23H33BN4O4/c1-14(2)9-22(24(31)32)26-23(30)17(10-15-3-4-15)11-21(29)20-7-8-28(20)18-6-5-16-13-25-27-19(16)12-18/h5-6,12-15,17,20,22,31-32H,3-4,7-11H2,1-2H3,(H,25,27)(H,26,30)/t17-,20+,22+/m1/s1. The average Bonchev–Trinajstić information content (AvgIpc) is 3.39. The molecule has 0 spiro atoms. The number of anilines is 1. The molecule has 2 aromatic rings. The number of Topliss-reactive ketones (excluding diaryl/α,β-unsaturated/α-hetero) is 1. The van der Waals surface area contributed by atoms with Crippen LogP contribution in [0.1, 0.15) is 52.4 Å². The maximum absolute atomic E-state index is 13.2. The number of amides is 1. The summed E-state index contributed by atoms with van der Waals surface area (Å²) in [7, 11) is -1.61. The highest BCUT2D eigenvalue weighted by molar-refractivity contribution is 6.43. The molecule has 1 amide bonds. The average molecular weight is 440 g/mol. The van der Waals surface area contributed by atoms with Crippen molar-refractivity contribution in [3.63, 3.8) is 0 Å². The first kappa shape index (κ1) is 22.8. The van der Waals surface area contributed by atoms with Crippen LogP contribution in [0.2, 0.25) is 0 Å². The molecule has 0 radical (unpaired) electrons. The molecule has 2 heterocycles. The van der Waals surface area contributed by atoms with E-state index in [0.717, 1.165) is 42.4 Å². The molecule has 32 heavy (non-hydrogen) atoms. The van der Waals surface area contributed by atoms with Crippen molar-refractivity contribution in [2.75, 3.05) is 11.4 Å². The van der Waals surface area contributed by atoms with Crippen molar-refractivity contribution in [2.45, 2.75) is 64.4 Å². The number of carbonyl (C=O) groups is 2. The van der Waals surface area contributed by atoms with Crippen LogP contribution in [0.5, 0.6) is 0 Å². The Morgan fingerprint density at radius 3 is 2.69 bits per heavy atom. The second kappa shape index (κ2) is 9.62. The van der Waals surface area contributed by atoms with E-state index in [9.17, 15) is 19.6 Å². The van der Waals surface area contributed by atoms with Gasteiger partial charge < -0.3 is 20.3 Å². The number of benzene rings is 1. The summed E-state index contributed by atoms with van der Waals surface area (Å²) in [5, 5.41) is 30.2. The zero-order chi connectivity index (χ0) is 22.8. The molecule has 0 unspecified atom stereocenters. The first-order valence-electron chi connectivity index (χ1n) is 11.7. The lowest BCUT2D eigenvalue weighted by Crippen LogP contribution is -2.54. The fourth-order valence-electron chi connectivity index (χ4n) is 4.62. The minimum Gasteiger partial charge on any atom is -0.426 e. The van der Waals surface area contributed by atoms with Crippen molar-refractivity contribution >= 4 is 35.4 Å². The predicted octanol–water partition coefficient (Wildman–Crippen LogP) is 2.06. The molecule has 1 aliphatic heterocycles. The van der Waals surface area contributed by atoms with Crippen LogP contribution in [0.15, 0.2) is 24.4 Å². The SMILES string of the molecule is CC(C)C[C@H](NC(=O)[C@@H](CC(=O)[C@@H]1CCN1c1ccc2cn[nH]c2c1)CC1CC1)B(O)O. The molecule has 172 valence electrons. The molecular weight excluding hydrogens is 407 g/mol. The third-order valence-corrected chi connectivity index (χ3v) is 6.69. The Hall–Kier alpha value is -2.39. The molecule has 9 heteroatoms. The van der Waals surface area contributed by atoms with Crippen molar-refractivity contribution in [3.8, 4) is 0 Å². The quantitative estimate of drug-likeness (QED) is 0.398. The van der Waals surface area contributed by atoms with Crippen LogP contribution in [0.25, 0.3) is 10.9 Å². The molecular formula is C23H33BN4O4. The number of fused-ring (bicyclic) bond motifs is 1. The Kier molecular flexibility index (Phi) is 6.86. The number of hydrogen-bond donors (Lipinski definition) is 4. The monoisotopic (exact) mass is 440 g/mol. The van der Waals surface area contributed by atoms with Crippen molar-refractivity contribution in [1.82, 2.24) is 15.5 Å². The van der Waals surface area contributed by atoms with Gasteiger partial charge in [-0.3, -0.25) is 14.7 Å². The molecule has 2 aliphatic rings. The van der Waals surface area contributed by atoms with Gasteiger partial charge in [0.05, 0.1) is 23.7 Å². The molecule has 1 aromatic carbocycles. The van der Waals surface area contributed by atoms with E-state index < -0.39 is 19.0 Å². The lowest BCUT2D eigenvalue weighted by Gasteiger charge is -2.42. The van der Waals surface area contributed by atoms with Crippen LogP contribution in [0, 0.1) is 17.8 Å². The Bertz CT molecular complexity index is 958. The molecule has 4 rings (SSSR count). The number of nitrogens with zero attached hydrogens (tertiary/aromatic N) is 2. The number of nitrogens with one attached hydrogen (secondary N) is 2. The van der Waals surface area contributed by atoms with Crippen LogP contribution in [0.3, 0.4) is 0 Å². The third-order valence-electron chi connectivity index (χ3n) is 6.69. The van der Waals surface area contributed by atoms with E-state index in [1.54, 1.807) is 6.20 Å². The van der Waals surface area contributed by atoms with Crippen molar-refractivity contribution < 1.29 is 19.6 Å². The van der Waals surface area contributed by atoms with Crippen molar-refractivity contribution in [3.05, 3.63) is 24.4 Å². The number of aromatic amines is 1. The van der Waals surface area contributed by atoms with E-state index in [2.05, 4.69) is 20.4 Å². The van der Waals surface area contributed by atoms with Crippen LogP contribution in [0.4, 0.5) is 5.69 Å². The minimum absolute atomic E-state index is 0.0757. The number of ketones is 1. The fourth-order valence-corrected chi connectivity index (χ4v) is 4.62. The van der Waals surface area contributed by atoms with Gasteiger partial charge in [0.2, 0.25) is 5.91 Å². The van der Waals surface area contributed by atoms with Crippen LogP contribution >= 0.6 is 0 Å². The van der Waals surface area contributed by atoms with E-state index >= 15 is 0 Å². The molecule has 1 saturated carbocycles. The topological polar surface area (TPSA) is 119 Å². The summed E-state index contributed by atoms with van der Waals surface area (Å²) in [6, 6.07) is 5.78. The number of carbonyl (C=O) groups excluding carboxylic acids is 2. The summed E-state index contributed by atoms with van der Waals surface area (Å²) >= 11 is 0. The second-order valence-electron chi connectivity index (χ2n) is 9.84. The molecule has 1 aromatic heterocycles. The first-order chi connectivity index (χ1) is 15.3. The molecule has 0 bridgehead atoms. The summed E-state index contributed by atoms with van der Waals surface area (Å²) < 4.78 is 0. The van der Waals surface area contributed by atoms with Crippen LogP contribution in [-0.4, -0.2) is 57.6 Å². The summed E-state index contributed by atoms with van der Waals surface area (Å²) in [6.45, 7) is 4.75. The summed E-state index contributed by atoms with van der Waals surface area (Å²) in [4.78, 5) is 28.3. The van der Waals surface area contributed by atoms with Crippen LogP contribution < -0.4 is 10.2 Å². The largest absolute Gasteiger partial charge is 0.475 e. The molecule has 8 nitrogen and oxygen atoms in total. The third kappa shape index (κ3) is 5.32. The van der Waals surface area contributed by atoms with Gasteiger partial charge in [0, 0.05) is 30.0 Å². The van der Waals surface area contributed by atoms with Gasteiger partial charge in [-0.05, 0) is 49.3 Å². The second-order valence-corrected chi connectivity index (χ2v) is 9.84. The molecule has 1 saturated heterocycles. The predicted molar refractivity (Wildman–Crippen MR) is 124 cm³/mol. The minimum atomic E-state index is -1.61. The van der Waals surface area contributed by atoms with Gasteiger partial charge in [0.1, 0.15) is 0 Å². The normalized spacial score (nSPS) is 20.2. The van der Waals surface area contributed by atoms with Gasteiger partial charge >= 0.3 is 7.12 Å². The van der Waals surface area contributed by atoms with Gasteiger partial charge in [-0.25, -0.2) is 0 Å². The summed E-state index contributed by atoms with van der Waals surface area (Å²) in [5.41, 5.74) is 1.92. The van der Waals surface area contributed by atoms with E-state index in [4.69, 9.17) is 0 Å². The number of rotatable bonds is 11. The lowest BCUT2D eigenvalue weighted by molar-refractivity contribution is -0.131. The van der Waals surface area contributed by atoms with Crippen molar-refractivity contribution in [2.24, 2.45) is 17.8 Å². The highest BCUT2D eigenvalue weighted by atomic mass is 16.4. The van der Waals surface area contributed by atoms with E-state index in [0.29, 0.717) is 18.8 Å². The molecule has 1 aliphatic carbocycles. The number of hydrogen-bond acceptors (Lipinski definition) is 6. The first-order valence-corrected chi connectivity index (χ1v) is 11.7.